The number of rotatable bonds is 6. The molecule has 1 aromatic heterocycles. The van der Waals surface area contributed by atoms with Crippen molar-refractivity contribution in [2.24, 2.45) is 0 Å². The lowest BCUT2D eigenvalue weighted by Gasteiger charge is -2.26. The average Bonchev–Trinajstić information content (AvgIpc) is 2.51. The first-order valence-electron chi connectivity index (χ1n) is 7.46. The van der Waals surface area contributed by atoms with E-state index >= 15 is 0 Å². The molecule has 0 atom stereocenters. The molecule has 1 aliphatic rings. The van der Waals surface area contributed by atoms with Crippen LogP contribution in [0.1, 0.15) is 32.6 Å². The zero-order valence-electron chi connectivity index (χ0n) is 12.4. The molecule has 0 aromatic carbocycles. The van der Waals surface area contributed by atoms with Crippen molar-refractivity contribution in [2.45, 2.75) is 32.6 Å². The largest absolute Gasteiger partial charge is 0.368 e. The highest BCUT2D eigenvalue weighted by atomic mass is 16.1. The first-order valence-corrected chi connectivity index (χ1v) is 7.46. The highest BCUT2D eigenvalue weighted by Crippen LogP contribution is 2.17. The molecule has 0 saturated carbocycles. The molecular weight excluding hydrogens is 270 g/mol. The summed E-state index contributed by atoms with van der Waals surface area (Å²) in [5.74, 6) is 1.01. The summed E-state index contributed by atoms with van der Waals surface area (Å²) in [7, 11) is 0. The zero-order valence-corrected chi connectivity index (χ0v) is 12.4. The quantitative estimate of drug-likeness (QED) is 0.695. The SMILES string of the molecule is CCCNC(=O)CNc1nc(N)nc(N2CCCCC2)n1. The Labute approximate surface area is 124 Å². The number of anilines is 3. The van der Waals surface area contributed by atoms with Gasteiger partial charge in [-0.1, -0.05) is 6.92 Å². The van der Waals surface area contributed by atoms with Crippen LogP contribution in [-0.2, 0) is 4.79 Å². The molecule has 21 heavy (non-hydrogen) atoms. The van der Waals surface area contributed by atoms with E-state index in [1.165, 1.54) is 6.42 Å². The first-order chi connectivity index (χ1) is 10.2. The molecule has 1 fully saturated rings. The van der Waals surface area contributed by atoms with E-state index in [1.54, 1.807) is 0 Å². The van der Waals surface area contributed by atoms with Crippen LogP contribution in [0.25, 0.3) is 0 Å². The summed E-state index contributed by atoms with van der Waals surface area (Å²) in [6.07, 6.45) is 4.41. The molecule has 1 aromatic rings. The van der Waals surface area contributed by atoms with Crippen LogP contribution in [0.15, 0.2) is 0 Å². The van der Waals surface area contributed by atoms with E-state index in [2.05, 4.69) is 30.5 Å². The van der Waals surface area contributed by atoms with E-state index in [0.29, 0.717) is 18.4 Å². The fourth-order valence-corrected chi connectivity index (χ4v) is 2.18. The number of hydrogen-bond acceptors (Lipinski definition) is 7. The Morgan fingerprint density at radius 1 is 1.24 bits per heavy atom. The van der Waals surface area contributed by atoms with Gasteiger partial charge < -0.3 is 21.3 Å². The highest BCUT2D eigenvalue weighted by Gasteiger charge is 2.15. The van der Waals surface area contributed by atoms with Crippen LogP contribution < -0.4 is 21.3 Å². The van der Waals surface area contributed by atoms with Gasteiger partial charge in [0.2, 0.25) is 23.8 Å². The van der Waals surface area contributed by atoms with Crippen LogP contribution in [0, 0.1) is 0 Å². The lowest BCUT2D eigenvalue weighted by Crippen LogP contribution is -2.33. The highest BCUT2D eigenvalue weighted by molar-refractivity contribution is 5.80. The van der Waals surface area contributed by atoms with Gasteiger partial charge in [0.05, 0.1) is 6.54 Å². The smallest absolute Gasteiger partial charge is 0.239 e. The summed E-state index contributed by atoms with van der Waals surface area (Å²) >= 11 is 0. The van der Waals surface area contributed by atoms with Crippen molar-refractivity contribution in [3.8, 4) is 0 Å². The number of nitrogens with two attached hydrogens (primary N) is 1. The number of piperidine rings is 1. The molecule has 0 radical (unpaired) electrons. The third-order valence-corrected chi connectivity index (χ3v) is 3.26. The van der Waals surface area contributed by atoms with E-state index in [4.69, 9.17) is 5.73 Å². The van der Waals surface area contributed by atoms with Gasteiger partial charge in [-0.15, -0.1) is 0 Å². The van der Waals surface area contributed by atoms with Crippen LogP contribution >= 0.6 is 0 Å². The fraction of sp³-hybridized carbons (Fsp3) is 0.692. The summed E-state index contributed by atoms with van der Waals surface area (Å²) in [4.78, 5) is 26.2. The maximum atomic E-state index is 11.6. The molecule has 2 heterocycles. The molecule has 0 bridgehead atoms. The number of aromatic nitrogens is 3. The first kappa shape index (κ1) is 15.3. The van der Waals surface area contributed by atoms with Crippen molar-refractivity contribution in [2.75, 3.05) is 42.1 Å². The minimum atomic E-state index is -0.0876. The van der Waals surface area contributed by atoms with Crippen LogP contribution in [0.5, 0.6) is 0 Å². The van der Waals surface area contributed by atoms with Gasteiger partial charge in [-0.2, -0.15) is 15.0 Å². The maximum absolute atomic E-state index is 11.6. The van der Waals surface area contributed by atoms with E-state index in [1.807, 2.05) is 6.92 Å². The van der Waals surface area contributed by atoms with Crippen LogP contribution in [-0.4, -0.2) is 47.0 Å². The van der Waals surface area contributed by atoms with Crippen LogP contribution in [0.3, 0.4) is 0 Å². The molecule has 0 aliphatic carbocycles. The number of nitrogens with one attached hydrogen (secondary N) is 2. The molecule has 1 saturated heterocycles. The summed E-state index contributed by atoms with van der Waals surface area (Å²) in [5.41, 5.74) is 5.72. The number of hydrogen-bond donors (Lipinski definition) is 3. The fourth-order valence-electron chi connectivity index (χ4n) is 2.18. The summed E-state index contributed by atoms with van der Waals surface area (Å²) in [6, 6.07) is 0. The van der Waals surface area contributed by atoms with Crippen molar-refractivity contribution in [1.29, 1.82) is 0 Å². The summed E-state index contributed by atoms with van der Waals surface area (Å²) in [5, 5.41) is 5.67. The Kier molecular flexibility index (Phi) is 5.53. The van der Waals surface area contributed by atoms with Crippen LogP contribution in [0.4, 0.5) is 17.8 Å². The minimum Gasteiger partial charge on any atom is -0.368 e. The van der Waals surface area contributed by atoms with Crippen molar-refractivity contribution in [3.05, 3.63) is 0 Å². The Morgan fingerprint density at radius 3 is 2.71 bits per heavy atom. The minimum absolute atomic E-state index is 0.0876. The lowest BCUT2D eigenvalue weighted by atomic mass is 10.1. The lowest BCUT2D eigenvalue weighted by molar-refractivity contribution is -0.119. The number of carbonyl (C=O) groups is 1. The van der Waals surface area contributed by atoms with Gasteiger partial charge in [-0.3, -0.25) is 4.79 Å². The topological polar surface area (TPSA) is 109 Å². The Morgan fingerprint density at radius 2 is 2.00 bits per heavy atom. The standard InChI is InChI=1S/C13H23N7O/c1-2-6-15-10(21)9-16-12-17-11(14)18-13(19-12)20-7-4-3-5-8-20/h2-9H2,1H3,(H,15,21)(H3,14,16,17,18,19). The molecule has 8 heteroatoms. The van der Waals surface area contributed by atoms with Gasteiger partial charge in [0.15, 0.2) is 0 Å². The average molecular weight is 293 g/mol. The second-order valence-corrected chi connectivity index (χ2v) is 5.07. The molecule has 2 rings (SSSR count). The molecule has 8 nitrogen and oxygen atoms in total. The number of amides is 1. The predicted octanol–water partition coefficient (Wildman–Crippen LogP) is 0.382. The van der Waals surface area contributed by atoms with E-state index in [0.717, 1.165) is 32.4 Å². The molecule has 4 N–H and O–H groups in total. The number of nitrogen functional groups attached to an aromatic ring is 1. The molecular formula is C13H23N7O. The molecule has 0 spiro atoms. The van der Waals surface area contributed by atoms with Crippen molar-refractivity contribution in [1.82, 2.24) is 20.3 Å². The molecule has 1 aliphatic heterocycles. The normalized spacial score (nSPS) is 14.8. The molecule has 0 unspecified atom stereocenters. The van der Waals surface area contributed by atoms with E-state index < -0.39 is 0 Å². The monoisotopic (exact) mass is 293 g/mol. The van der Waals surface area contributed by atoms with E-state index in [9.17, 15) is 4.79 Å². The van der Waals surface area contributed by atoms with Crippen molar-refractivity contribution >= 4 is 23.8 Å². The summed E-state index contributed by atoms with van der Waals surface area (Å²) in [6.45, 7) is 4.66. The maximum Gasteiger partial charge on any atom is 0.239 e. The van der Waals surface area contributed by atoms with Gasteiger partial charge in [0.1, 0.15) is 0 Å². The Bertz CT molecular complexity index is 474. The van der Waals surface area contributed by atoms with Crippen molar-refractivity contribution < 1.29 is 4.79 Å². The Balaban J connectivity index is 1.96. The van der Waals surface area contributed by atoms with Gasteiger partial charge >= 0.3 is 0 Å². The molecule has 1 amide bonds. The van der Waals surface area contributed by atoms with Crippen molar-refractivity contribution in [3.63, 3.8) is 0 Å². The Hall–Kier alpha value is -2.12. The second kappa shape index (κ2) is 7.61. The number of nitrogens with zero attached hydrogens (tertiary/aromatic N) is 4. The van der Waals surface area contributed by atoms with Gasteiger partial charge in [0, 0.05) is 19.6 Å². The molecule has 116 valence electrons. The predicted molar refractivity (Wildman–Crippen MR) is 82.1 cm³/mol. The van der Waals surface area contributed by atoms with Crippen LogP contribution in [0.2, 0.25) is 0 Å². The van der Waals surface area contributed by atoms with Gasteiger partial charge in [0.25, 0.3) is 0 Å². The second-order valence-electron chi connectivity index (χ2n) is 5.07. The van der Waals surface area contributed by atoms with E-state index in [-0.39, 0.29) is 18.4 Å². The van der Waals surface area contributed by atoms with Gasteiger partial charge in [-0.25, -0.2) is 0 Å². The summed E-state index contributed by atoms with van der Waals surface area (Å²) < 4.78 is 0. The third-order valence-electron chi connectivity index (χ3n) is 3.26. The third kappa shape index (κ3) is 4.73. The number of carbonyl (C=O) groups excluding carboxylic acids is 1. The van der Waals surface area contributed by atoms with Gasteiger partial charge in [-0.05, 0) is 25.7 Å². The zero-order chi connectivity index (χ0) is 15.1.